The summed E-state index contributed by atoms with van der Waals surface area (Å²) in [6.45, 7) is 4.00. The van der Waals surface area contributed by atoms with Gasteiger partial charge in [0.2, 0.25) is 11.8 Å². The van der Waals surface area contributed by atoms with Crippen LogP contribution in [0.3, 0.4) is 0 Å². The molecule has 4 amide bonds. The van der Waals surface area contributed by atoms with Gasteiger partial charge in [0.15, 0.2) is 11.3 Å². The van der Waals surface area contributed by atoms with Crippen molar-refractivity contribution in [2.24, 2.45) is 0 Å². The van der Waals surface area contributed by atoms with E-state index in [1.165, 1.54) is 22.0 Å². The van der Waals surface area contributed by atoms with Gasteiger partial charge in [0.1, 0.15) is 11.7 Å². The number of imide groups is 1. The Morgan fingerprint density at radius 2 is 2.00 bits per heavy atom. The number of nitrogens with zero attached hydrogens (tertiary/aromatic N) is 7. The van der Waals surface area contributed by atoms with E-state index in [0.717, 1.165) is 17.0 Å². The third-order valence-corrected chi connectivity index (χ3v) is 6.52. The maximum Gasteiger partial charge on any atom is 0.278 e. The lowest BCUT2D eigenvalue weighted by Crippen LogP contribution is -2.52. The number of benzene rings is 1. The highest BCUT2D eigenvalue weighted by Crippen LogP contribution is 2.29. The fourth-order valence-electron chi connectivity index (χ4n) is 4.74. The number of aryl methyl sites for hydroxylation is 2. The van der Waals surface area contributed by atoms with Crippen molar-refractivity contribution in [3.8, 4) is 5.69 Å². The van der Waals surface area contributed by atoms with E-state index in [2.05, 4.69) is 31.0 Å². The fourth-order valence-corrected chi connectivity index (χ4v) is 4.74. The molecule has 186 valence electrons. The molecule has 0 bridgehead atoms. The Labute approximate surface area is 209 Å². The lowest BCUT2D eigenvalue weighted by molar-refractivity contribution is -0.136. The van der Waals surface area contributed by atoms with E-state index in [1.807, 2.05) is 19.9 Å². The maximum atomic E-state index is 12.9. The summed E-state index contributed by atoms with van der Waals surface area (Å²) in [6, 6.07) is 6.34. The highest BCUT2D eigenvalue weighted by atomic mass is 16.2. The third kappa shape index (κ3) is 3.80. The molecule has 6 rings (SSSR count). The molecular weight excluding hydrogens is 478 g/mol. The number of hydrogen-bond acceptors (Lipinski definition) is 8. The summed E-state index contributed by atoms with van der Waals surface area (Å²) >= 11 is 0. The molecule has 3 aromatic heterocycles. The molecule has 1 unspecified atom stereocenters. The van der Waals surface area contributed by atoms with Gasteiger partial charge in [-0.25, -0.2) is 14.2 Å². The van der Waals surface area contributed by atoms with Crippen molar-refractivity contribution in [2.45, 2.75) is 39.3 Å². The topological polar surface area (TPSA) is 156 Å². The van der Waals surface area contributed by atoms with Crippen LogP contribution < -0.4 is 10.6 Å². The Morgan fingerprint density at radius 3 is 2.81 bits per heavy atom. The van der Waals surface area contributed by atoms with Crippen LogP contribution in [-0.2, 0) is 16.1 Å². The number of nitrogens with one attached hydrogen (secondary N) is 2. The summed E-state index contributed by atoms with van der Waals surface area (Å²) in [6.07, 6.45) is 3.50. The van der Waals surface area contributed by atoms with Crippen molar-refractivity contribution < 1.29 is 19.2 Å². The van der Waals surface area contributed by atoms with Gasteiger partial charge >= 0.3 is 0 Å². The quantitative estimate of drug-likeness (QED) is 0.393. The van der Waals surface area contributed by atoms with Gasteiger partial charge in [-0.1, -0.05) is 5.21 Å². The average Bonchev–Trinajstić information content (AvgIpc) is 3.57. The minimum absolute atomic E-state index is 0.0884. The number of aromatic nitrogens is 6. The molecule has 13 nitrogen and oxygen atoms in total. The monoisotopic (exact) mass is 499 g/mol. The van der Waals surface area contributed by atoms with Crippen molar-refractivity contribution in [1.29, 1.82) is 0 Å². The van der Waals surface area contributed by atoms with Crippen LogP contribution in [0.25, 0.3) is 11.3 Å². The molecule has 2 N–H and O–H groups in total. The minimum atomic E-state index is -0.690. The first-order chi connectivity index (χ1) is 17.8. The lowest BCUT2D eigenvalue weighted by atomic mass is 10.0. The molecule has 1 fully saturated rings. The Morgan fingerprint density at radius 1 is 1.16 bits per heavy atom. The first-order valence-corrected chi connectivity index (χ1v) is 11.6. The van der Waals surface area contributed by atoms with Crippen molar-refractivity contribution >= 4 is 35.0 Å². The molecule has 2 aliphatic rings. The van der Waals surface area contributed by atoms with E-state index in [1.54, 1.807) is 22.7 Å². The number of amides is 4. The lowest BCUT2D eigenvalue weighted by Gasteiger charge is -2.29. The third-order valence-electron chi connectivity index (χ3n) is 6.52. The number of piperidine rings is 1. The second kappa shape index (κ2) is 8.33. The van der Waals surface area contributed by atoms with Crippen LogP contribution in [0.5, 0.6) is 0 Å². The molecule has 1 aromatic carbocycles. The summed E-state index contributed by atoms with van der Waals surface area (Å²) in [5.74, 6) is -1.53. The van der Waals surface area contributed by atoms with E-state index >= 15 is 0 Å². The summed E-state index contributed by atoms with van der Waals surface area (Å²) < 4.78 is 3.08. The van der Waals surface area contributed by atoms with Crippen LogP contribution in [0, 0.1) is 13.8 Å². The smallest absolute Gasteiger partial charge is 0.278 e. The summed E-state index contributed by atoms with van der Waals surface area (Å²) in [7, 11) is 0. The Bertz CT molecular complexity index is 1640. The molecule has 4 aromatic rings. The zero-order chi connectivity index (χ0) is 25.8. The first-order valence-electron chi connectivity index (χ1n) is 11.6. The molecular formula is C24H21N9O4. The normalized spacial score (nSPS) is 17.3. The zero-order valence-electron chi connectivity index (χ0n) is 19.9. The maximum absolute atomic E-state index is 12.9. The van der Waals surface area contributed by atoms with Gasteiger partial charge in [-0.3, -0.25) is 24.5 Å². The number of anilines is 1. The van der Waals surface area contributed by atoms with Gasteiger partial charge in [0.05, 0.1) is 18.1 Å². The average molecular weight is 499 g/mol. The molecule has 0 saturated carbocycles. The van der Waals surface area contributed by atoms with Crippen molar-refractivity contribution in [2.75, 3.05) is 5.32 Å². The standard InChI is InChI=1S/C24H21N9O4/c1-12-7-13(2)33-21(26-12)17(9-25-33)27-22(35)18-11-32(30-29-18)15-3-4-16-14(8-15)10-31(24(16)37)19-5-6-20(34)28-23(19)36/h3-4,7-9,11,19H,5-6,10H2,1-2H3,(H,27,35)(H,28,34,36). The van der Waals surface area contributed by atoms with Gasteiger partial charge in [0.25, 0.3) is 11.8 Å². The molecule has 0 radical (unpaired) electrons. The predicted molar refractivity (Wildman–Crippen MR) is 128 cm³/mol. The highest BCUT2D eigenvalue weighted by molar-refractivity contribution is 6.06. The molecule has 0 spiro atoms. The second-order valence-electron chi connectivity index (χ2n) is 9.08. The Hall–Kier alpha value is -4.94. The summed E-state index contributed by atoms with van der Waals surface area (Å²) in [5.41, 5.74) is 4.57. The van der Waals surface area contributed by atoms with Crippen LogP contribution in [0.15, 0.2) is 36.7 Å². The largest absolute Gasteiger partial charge is 0.322 e. The number of fused-ring (bicyclic) bond motifs is 2. The van der Waals surface area contributed by atoms with Crippen molar-refractivity contribution in [1.82, 2.24) is 39.8 Å². The van der Waals surface area contributed by atoms with Gasteiger partial charge in [-0.2, -0.15) is 5.10 Å². The van der Waals surface area contributed by atoms with Gasteiger partial charge in [-0.15, -0.1) is 5.10 Å². The Kier molecular flexibility index (Phi) is 5.07. The second-order valence-corrected chi connectivity index (χ2v) is 9.08. The summed E-state index contributed by atoms with van der Waals surface area (Å²) in [4.78, 5) is 55.4. The number of hydrogen-bond donors (Lipinski definition) is 2. The van der Waals surface area contributed by atoms with Crippen LogP contribution >= 0.6 is 0 Å². The van der Waals surface area contributed by atoms with Gasteiger partial charge in [-0.05, 0) is 50.1 Å². The Balaban J connectivity index is 1.21. The summed E-state index contributed by atoms with van der Waals surface area (Å²) in [5, 5.41) is 17.4. The minimum Gasteiger partial charge on any atom is -0.322 e. The molecule has 1 atom stereocenters. The van der Waals surface area contributed by atoms with Crippen molar-refractivity contribution in [3.05, 3.63) is 64.9 Å². The van der Waals surface area contributed by atoms with E-state index < -0.39 is 17.9 Å². The van der Waals surface area contributed by atoms with E-state index in [0.29, 0.717) is 29.0 Å². The van der Waals surface area contributed by atoms with Crippen LogP contribution in [0.2, 0.25) is 0 Å². The number of rotatable bonds is 4. The zero-order valence-corrected chi connectivity index (χ0v) is 19.9. The molecule has 0 aliphatic carbocycles. The SMILES string of the molecule is Cc1cc(C)n2ncc(NC(=O)c3cn(-c4ccc5c(c4)CN(C4CCC(=O)NC4=O)C5=O)nn3)c2n1. The molecule has 37 heavy (non-hydrogen) atoms. The van der Waals surface area contributed by atoms with E-state index in [9.17, 15) is 19.2 Å². The fraction of sp³-hybridized carbons (Fsp3) is 0.250. The van der Waals surface area contributed by atoms with E-state index in [-0.39, 0.29) is 30.5 Å². The molecule has 5 heterocycles. The number of carbonyl (C=O) groups excluding carboxylic acids is 4. The van der Waals surface area contributed by atoms with Crippen molar-refractivity contribution in [3.63, 3.8) is 0 Å². The first kappa shape index (κ1) is 22.5. The van der Waals surface area contributed by atoms with Gasteiger partial charge in [0, 0.05) is 29.9 Å². The molecule has 13 heteroatoms. The number of carbonyl (C=O) groups is 4. The molecule has 1 saturated heterocycles. The van der Waals surface area contributed by atoms with Crippen LogP contribution in [-0.4, -0.2) is 64.2 Å². The van der Waals surface area contributed by atoms with Crippen LogP contribution in [0.4, 0.5) is 5.69 Å². The molecule has 2 aliphatic heterocycles. The van der Waals surface area contributed by atoms with Crippen LogP contribution in [0.1, 0.15) is 50.6 Å². The highest BCUT2D eigenvalue weighted by Gasteiger charge is 2.39. The van der Waals surface area contributed by atoms with Gasteiger partial charge < -0.3 is 10.2 Å². The van der Waals surface area contributed by atoms with E-state index in [4.69, 9.17) is 0 Å². The predicted octanol–water partition coefficient (Wildman–Crippen LogP) is 0.940.